The lowest BCUT2D eigenvalue weighted by molar-refractivity contribution is -0.117. The Hall–Kier alpha value is -3.28. The van der Waals surface area contributed by atoms with Gasteiger partial charge in [-0.2, -0.15) is 0 Å². The first kappa shape index (κ1) is 15.6. The molecule has 0 unspecified atom stereocenters. The van der Waals surface area contributed by atoms with Crippen LogP contribution < -0.4 is 10.6 Å². The second-order valence-electron chi connectivity index (χ2n) is 5.30. The predicted molar refractivity (Wildman–Crippen MR) is 90.0 cm³/mol. The molecule has 6 heteroatoms. The highest BCUT2D eigenvalue weighted by atomic mass is 16.3. The Bertz CT molecular complexity index is 823. The van der Waals surface area contributed by atoms with Gasteiger partial charge in [0.05, 0.1) is 6.26 Å². The van der Waals surface area contributed by atoms with Gasteiger partial charge in [0.15, 0.2) is 5.76 Å². The highest BCUT2D eigenvalue weighted by Crippen LogP contribution is 2.15. The highest BCUT2D eigenvalue weighted by molar-refractivity contribution is 5.99. The number of amides is 2. The van der Waals surface area contributed by atoms with E-state index < -0.39 is 11.9 Å². The van der Waals surface area contributed by atoms with Crippen molar-refractivity contribution in [3.63, 3.8) is 0 Å². The predicted octanol–water partition coefficient (Wildman–Crippen LogP) is 2.83. The molecule has 3 rings (SSSR count). The molecule has 0 bridgehead atoms. The van der Waals surface area contributed by atoms with Crippen molar-refractivity contribution in [1.82, 2.24) is 9.88 Å². The topological polar surface area (TPSA) is 76.3 Å². The molecular weight excluding hydrogens is 306 g/mol. The Morgan fingerprint density at radius 3 is 2.58 bits per heavy atom. The standard InChI is InChI=1S/C18H17N3O3/c1-13(19-18(23)16-8-5-11-24-16)17(22)20-14-6-4-7-15(12-14)21-9-2-3-10-21/h2-13H,1H3,(H,19,23)(H,20,22)/t13-/m1/s1. The van der Waals surface area contributed by atoms with Crippen LogP contribution in [0.1, 0.15) is 17.5 Å². The zero-order chi connectivity index (χ0) is 16.9. The van der Waals surface area contributed by atoms with Crippen LogP contribution in [0, 0.1) is 0 Å². The lowest BCUT2D eigenvalue weighted by Crippen LogP contribution is -2.41. The summed E-state index contributed by atoms with van der Waals surface area (Å²) in [5.74, 6) is -0.562. The average Bonchev–Trinajstić information content (AvgIpc) is 3.28. The van der Waals surface area contributed by atoms with Crippen molar-refractivity contribution in [1.29, 1.82) is 0 Å². The highest BCUT2D eigenvalue weighted by Gasteiger charge is 2.18. The Morgan fingerprint density at radius 2 is 1.88 bits per heavy atom. The van der Waals surface area contributed by atoms with Crippen LogP contribution in [0.25, 0.3) is 5.69 Å². The van der Waals surface area contributed by atoms with Crippen molar-refractivity contribution in [3.8, 4) is 5.69 Å². The third-order valence-corrected chi connectivity index (χ3v) is 3.50. The number of carbonyl (C=O) groups is 2. The number of benzene rings is 1. The lowest BCUT2D eigenvalue weighted by Gasteiger charge is -2.14. The van der Waals surface area contributed by atoms with Crippen molar-refractivity contribution >= 4 is 17.5 Å². The second-order valence-corrected chi connectivity index (χ2v) is 5.30. The van der Waals surface area contributed by atoms with Crippen LogP contribution in [0.3, 0.4) is 0 Å². The maximum atomic E-state index is 12.3. The number of nitrogens with one attached hydrogen (secondary N) is 2. The van der Waals surface area contributed by atoms with Gasteiger partial charge >= 0.3 is 0 Å². The third kappa shape index (κ3) is 3.55. The maximum absolute atomic E-state index is 12.3. The Morgan fingerprint density at radius 1 is 1.08 bits per heavy atom. The van der Waals surface area contributed by atoms with Crippen LogP contribution in [-0.2, 0) is 4.79 Å². The average molecular weight is 323 g/mol. The number of anilines is 1. The van der Waals surface area contributed by atoms with Gasteiger partial charge in [0.2, 0.25) is 5.91 Å². The summed E-state index contributed by atoms with van der Waals surface area (Å²) >= 11 is 0. The van der Waals surface area contributed by atoms with Gasteiger partial charge in [-0.1, -0.05) is 6.07 Å². The van der Waals surface area contributed by atoms with Crippen LogP contribution in [0.5, 0.6) is 0 Å². The van der Waals surface area contributed by atoms with E-state index in [0.717, 1.165) is 5.69 Å². The number of nitrogens with zero attached hydrogens (tertiary/aromatic N) is 1. The van der Waals surface area contributed by atoms with E-state index >= 15 is 0 Å². The van der Waals surface area contributed by atoms with Gasteiger partial charge in [0, 0.05) is 23.8 Å². The monoisotopic (exact) mass is 323 g/mol. The minimum Gasteiger partial charge on any atom is -0.459 e. The first-order valence-corrected chi connectivity index (χ1v) is 7.52. The molecule has 1 atom stereocenters. The third-order valence-electron chi connectivity index (χ3n) is 3.50. The van der Waals surface area contributed by atoms with Crippen molar-refractivity contribution in [2.75, 3.05) is 5.32 Å². The second kappa shape index (κ2) is 6.87. The molecule has 2 N–H and O–H groups in total. The molecule has 6 nitrogen and oxygen atoms in total. The van der Waals surface area contributed by atoms with Crippen LogP contribution in [0.15, 0.2) is 71.6 Å². The molecule has 2 amide bonds. The minimum atomic E-state index is -0.696. The number of aromatic nitrogens is 1. The summed E-state index contributed by atoms with van der Waals surface area (Å²) in [5.41, 5.74) is 1.59. The van der Waals surface area contributed by atoms with Gasteiger partial charge in [-0.05, 0) is 49.4 Å². The fourth-order valence-corrected chi connectivity index (χ4v) is 2.24. The van der Waals surface area contributed by atoms with Crippen LogP contribution >= 0.6 is 0 Å². The lowest BCUT2D eigenvalue weighted by atomic mass is 10.2. The molecule has 0 aliphatic heterocycles. The van der Waals surface area contributed by atoms with E-state index in [9.17, 15) is 9.59 Å². The zero-order valence-corrected chi connectivity index (χ0v) is 13.1. The SMILES string of the molecule is C[C@@H](NC(=O)c1ccco1)C(=O)Nc1cccc(-n2cccc2)c1. The molecule has 2 heterocycles. The molecule has 122 valence electrons. The molecular formula is C18H17N3O3. The minimum absolute atomic E-state index is 0.171. The van der Waals surface area contributed by atoms with E-state index in [1.807, 2.05) is 47.3 Å². The summed E-state index contributed by atoms with van der Waals surface area (Å²) in [5, 5.41) is 5.39. The van der Waals surface area contributed by atoms with Crippen LogP contribution in [0.2, 0.25) is 0 Å². The smallest absolute Gasteiger partial charge is 0.287 e. The first-order valence-electron chi connectivity index (χ1n) is 7.52. The van der Waals surface area contributed by atoms with Crippen molar-refractivity contribution in [2.24, 2.45) is 0 Å². The normalized spacial score (nSPS) is 11.7. The van der Waals surface area contributed by atoms with Crippen molar-refractivity contribution in [3.05, 3.63) is 72.9 Å². The molecule has 2 aromatic heterocycles. The number of furan rings is 1. The van der Waals surface area contributed by atoms with Crippen molar-refractivity contribution in [2.45, 2.75) is 13.0 Å². The molecule has 3 aromatic rings. The summed E-state index contributed by atoms with van der Waals surface area (Å²) in [4.78, 5) is 24.1. The largest absolute Gasteiger partial charge is 0.459 e. The molecule has 0 fully saturated rings. The summed E-state index contributed by atoms with van der Waals surface area (Å²) in [6.45, 7) is 1.62. The quantitative estimate of drug-likeness (QED) is 0.758. The molecule has 0 aliphatic rings. The van der Waals surface area contributed by atoms with Gasteiger partial charge in [-0.25, -0.2) is 0 Å². The van der Waals surface area contributed by atoms with Gasteiger partial charge < -0.3 is 19.6 Å². The van der Waals surface area contributed by atoms with Gasteiger partial charge in [0.1, 0.15) is 6.04 Å². The Labute approximate surface area is 139 Å². The van der Waals surface area contributed by atoms with E-state index in [1.165, 1.54) is 6.26 Å². The fourth-order valence-electron chi connectivity index (χ4n) is 2.24. The molecule has 24 heavy (non-hydrogen) atoms. The van der Waals surface area contributed by atoms with Crippen molar-refractivity contribution < 1.29 is 14.0 Å². The zero-order valence-electron chi connectivity index (χ0n) is 13.1. The first-order chi connectivity index (χ1) is 11.6. The summed E-state index contributed by atoms with van der Waals surface area (Å²) in [6, 6.07) is 13.8. The number of hydrogen-bond donors (Lipinski definition) is 2. The van der Waals surface area contributed by atoms with E-state index in [2.05, 4.69) is 10.6 Å². The van der Waals surface area contributed by atoms with E-state index in [0.29, 0.717) is 5.69 Å². The van der Waals surface area contributed by atoms with E-state index in [-0.39, 0.29) is 11.7 Å². The summed E-state index contributed by atoms with van der Waals surface area (Å²) < 4.78 is 6.95. The van der Waals surface area contributed by atoms with E-state index in [4.69, 9.17) is 4.42 Å². The van der Waals surface area contributed by atoms with Crippen LogP contribution in [0.4, 0.5) is 5.69 Å². The Kier molecular flexibility index (Phi) is 4.47. The molecule has 0 spiro atoms. The van der Waals surface area contributed by atoms with Crippen LogP contribution in [-0.4, -0.2) is 22.4 Å². The Balaban J connectivity index is 1.64. The maximum Gasteiger partial charge on any atom is 0.287 e. The van der Waals surface area contributed by atoms with E-state index in [1.54, 1.807) is 25.1 Å². The van der Waals surface area contributed by atoms with Gasteiger partial charge in [-0.3, -0.25) is 9.59 Å². The van der Waals surface area contributed by atoms with Gasteiger partial charge in [-0.15, -0.1) is 0 Å². The van der Waals surface area contributed by atoms with Gasteiger partial charge in [0.25, 0.3) is 5.91 Å². The molecule has 0 aliphatic carbocycles. The number of carbonyl (C=O) groups excluding carboxylic acids is 2. The number of rotatable bonds is 5. The molecule has 0 saturated heterocycles. The number of hydrogen-bond acceptors (Lipinski definition) is 3. The fraction of sp³-hybridized carbons (Fsp3) is 0.111. The molecule has 0 radical (unpaired) electrons. The summed E-state index contributed by atoms with van der Waals surface area (Å²) in [7, 11) is 0. The summed E-state index contributed by atoms with van der Waals surface area (Å²) in [6.07, 6.45) is 5.26. The molecule has 1 aromatic carbocycles. The molecule has 0 saturated carbocycles.